The molecule has 0 aliphatic carbocycles. The Morgan fingerprint density at radius 1 is 1.20 bits per heavy atom. The Morgan fingerprint density at radius 2 is 1.92 bits per heavy atom. The first kappa shape index (κ1) is 17.4. The Kier molecular flexibility index (Phi) is 5.34. The predicted molar refractivity (Wildman–Crippen MR) is 95.5 cm³/mol. The predicted octanol–water partition coefficient (Wildman–Crippen LogP) is 3.00. The number of carboxylic acid groups (broad SMARTS) is 1. The highest BCUT2D eigenvalue weighted by Crippen LogP contribution is 2.36. The third-order valence-electron chi connectivity index (χ3n) is 5.10. The Labute approximate surface area is 148 Å². The molecule has 1 fully saturated rings. The molecule has 1 aromatic carbocycles. The Morgan fingerprint density at radius 3 is 2.48 bits per heavy atom. The van der Waals surface area contributed by atoms with E-state index in [4.69, 9.17) is 4.74 Å². The number of aliphatic carboxylic acids is 1. The molecular weight excluding hydrogens is 316 g/mol. The molecule has 3 rings (SSSR count). The zero-order valence-corrected chi connectivity index (χ0v) is 14.5. The maximum Gasteiger partial charge on any atom is 0.310 e. The van der Waals surface area contributed by atoms with Gasteiger partial charge in [-0.25, -0.2) is 0 Å². The summed E-state index contributed by atoms with van der Waals surface area (Å²) in [5.41, 5.74) is 1.53. The van der Waals surface area contributed by atoms with Crippen molar-refractivity contribution in [1.82, 2.24) is 9.88 Å². The van der Waals surface area contributed by atoms with Crippen LogP contribution >= 0.6 is 0 Å². The monoisotopic (exact) mass is 340 g/mol. The first-order valence-corrected chi connectivity index (χ1v) is 8.59. The molecule has 0 atom stereocenters. The average molecular weight is 340 g/mol. The van der Waals surface area contributed by atoms with E-state index in [0.29, 0.717) is 19.3 Å². The zero-order chi connectivity index (χ0) is 17.7. The molecule has 1 aliphatic heterocycles. The summed E-state index contributed by atoms with van der Waals surface area (Å²) in [4.78, 5) is 18.5. The minimum Gasteiger partial charge on any atom is -0.497 e. The molecule has 0 bridgehead atoms. The number of hydrogen-bond acceptors (Lipinski definition) is 4. The van der Waals surface area contributed by atoms with Gasteiger partial charge in [-0.1, -0.05) is 18.2 Å². The lowest BCUT2D eigenvalue weighted by Gasteiger charge is -2.39. The summed E-state index contributed by atoms with van der Waals surface area (Å²) in [5.74, 6) is 0.101. The topological polar surface area (TPSA) is 62.7 Å². The average Bonchev–Trinajstić information content (AvgIpc) is 2.65. The van der Waals surface area contributed by atoms with Crippen molar-refractivity contribution in [1.29, 1.82) is 0 Å². The maximum absolute atomic E-state index is 12.0. The van der Waals surface area contributed by atoms with E-state index in [9.17, 15) is 9.90 Å². The van der Waals surface area contributed by atoms with Crippen molar-refractivity contribution in [2.24, 2.45) is 5.41 Å². The van der Waals surface area contributed by atoms with Gasteiger partial charge < -0.3 is 9.84 Å². The third-order valence-corrected chi connectivity index (χ3v) is 5.10. The SMILES string of the molecule is COc1ccc(CC2(C(=O)O)CCN(Cc3cccnc3)CC2)cc1. The molecule has 0 spiro atoms. The van der Waals surface area contributed by atoms with Gasteiger partial charge in [-0.05, 0) is 61.7 Å². The van der Waals surface area contributed by atoms with Crippen molar-refractivity contribution in [3.8, 4) is 5.75 Å². The van der Waals surface area contributed by atoms with Gasteiger partial charge in [0.2, 0.25) is 0 Å². The molecule has 5 heteroatoms. The Bertz CT molecular complexity index is 693. The number of nitrogens with zero attached hydrogens (tertiary/aromatic N) is 2. The van der Waals surface area contributed by atoms with Crippen LogP contribution in [0.5, 0.6) is 5.75 Å². The summed E-state index contributed by atoms with van der Waals surface area (Å²) in [6.07, 6.45) is 5.52. The summed E-state index contributed by atoms with van der Waals surface area (Å²) >= 11 is 0. The molecule has 0 unspecified atom stereocenters. The van der Waals surface area contributed by atoms with Crippen molar-refractivity contribution in [3.05, 3.63) is 59.9 Å². The summed E-state index contributed by atoms with van der Waals surface area (Å²) in [6, 6.07) is 11.7. The van der Waals surface area contributed by atoms with E-state index in [-0.39, 0.29) is 0 Å². The largest absolute Gasteiger partial charge is 0.497 e. The number of hydrogen-bond donors (Lipinski definition) is 1. The van der Waals surface area contributed by atoms with Gasteiger partial charge in [-0.3, -0.25) is 14.7 Å². The quantitative estimate of drug-likeness (QED) is 0.876. The van der Waals surface area contributed by atoms with Crippen LogP contribution in [0.2, 0.25) is 0 Å². The standard InChI is InChI=1S/C20H24N2O3/c1-25-18-6-4-16(5-7-18)13-20(19(23)24)8-11-22(12-9-20)15-17-3-2-10-21-14-17/h2-7,10,14H,8-9,11-13,15H2,1H3,(H,23,24). The van der Waals surface area contributed by atoms with Crippen molar-refractivity contribution in [3.63, 3.8) is 0 Å². The third kappa shape index (κ3) is 4.17. The van der Waals surface area contributed by atoms with Crippen LogP contribution in [0, 0.1) is 5.41 Å². The fourth-order valence-electron chi connectivity index (χ4n) is 3.49. The smallest absolute Gasteiger partial charge is 0.310 e. The van der Waals surface area contributed by atoms with Crippen LogP contribution in [-0.4, -0.2) is 41.2 Å². The molecule has 1 N–H and O–H groups in total. The van der Waals surface area contributed by atoms with Crippen LogP contribution in [0.3, 0.4) is 0 Å². The molecule has 1 aliphatic rings. The van der Waals surface area contributed by atoms with Crippen LogP contribution in [0.4, 0.5) is 0 Å². The summed E-state index contributed by atoms with van der Waals surface area (Å²) in [6.45, 7) is 2.40. The fraction of sp³-hybridized carbons (Fsp3) is 0.400. The minimum absolute atomic E-state index is 0.563. The number of piperidine rings is 1. The number of ether oxygens (including phenoxy) is 1. The first-order chi connectivity index (χ1) is 12.1. The molecule has 0 radical (unpaired) electrons. The summed E-state index contributed by atoms with van der Waals surface area (Å²) in [5, 5.41) is 9.87. The van der Waals surface area contributed by atoms with Gasteiger partial charge in [-0.15, -0.1) is 0 Å². The van der Waals surface area contributed by atoms with E-state index < -0.39 is 11.4 Å². The maximum atomic E-state index is 12.0. The number of carbonyl (C=O) groups is 1. The number of benzene rings is 1. The highest BCUT2D eigenvalue weighted by molar-refractivity contribution is 5.75. The zero-order valence-electron chi connectivity index (χ0n) is 14.5. The van der Waals surface area contributed by atoms with Crippen molar-refractivity contribution in [2.75, 3.05) is 20.2 Å². The lowest BCUT2D eigenvalue weighted by atomic mass is 9.74. The van der Waals surface area contributed by atoms with Crippen molar-refractivity contribution < 1.29 is 14.6 Å². The lowest BCUT2D eigenvalue weighted by Crippen LogP contribution is -2.45. The minimum atomic E-state index is -0.690. The van der Waals surface area contributed by atoms with Gasteiger partial charge in [0.25, 0.3) is 0 Å². The van der Waals surface area contributed by atoms with Gasteiger partial charge >= 0.3 is 5.97 Å². The lowest BCUT2D eigenvalue weighted by molar-refractivity contribution is -0.152. The highest BCUT2D eigenvalue weighted by atomic mass is 16.5. The van der Waals surface area contributed by atoms with Gasteiger partial charge in [0.05, 0.1) is 12.5 Å². The molecule has 132 valence electrons. The number of carboxylic acids is 1. The second kappa shape index (κ2) is 7.66. The molecule has 1 saturated heterocycles. The van der Waals surface area contributed by atoms with Gasteiger partial charge in [0, 0.05) is 18.9 Å². The Hall–Kier alpha value is -2.40. The van der Waals surface area contributed by atoms with Crippen LogP contribution < -0.4 is 4.74 Å². The normalized spacial score (nSPS) is 17.2. The molecule has 0 saturated carbocycles. The molecule has 25 heavy (non-hydrogen) atoms. The van der Waals surface area contributed by atoms with Crippen molar-refractivity contribution in [2.45, 2.75) is 25.8 Å². The molecular formula is C20H24N2O3. The van der Waals surface area contributed by atoms with Crippen molar-refractivity contribution >= 4 is 5.97 Å². The van der Waals surface area contributed by atoms with E-state index in [2.05, 4.69) is 16.0 Å². The molecule has 0 amide bonds. The van der Waals surface area contributed by atoms with Crippen LogP contribution in [0.1, 0.15) is 24.0 Å². The second-order valence-corrected chi connectivity index (χ2v) is 6.75. The van der Waals surface area contributed by atoms with Gasteiger partial charge in [0.15, 0.2) is 0 Å². The number of rotatable bonds is 6. The van der Waals surface area contributed by atoms with E-state index in [1.807, 2.05) is 36.5 Å². The van der Waals surface area contributed by atoms with E-state index in [0.717, 1.165) is 30.9 Å². The van der Waals surface area contributed by atoms with Gasteiger partial charge in [-0.2, -0.15) is 0 Å². The summed E-state index contributed by atoms with van der Waals surface area (Å²) < 4.78 is 5.17. The molecule has 2 heterocycles. The number of likely N-dealkylation sites (tertiary alicyclic amines) is 1. The van der Waals surface area contributed by atoms with E-state index in [1.54, 1.807) is 13.3 Å². The van der Waals surface area contributed by atoms with Crippen LogP contribution in [0.15, 0.2) is 48.8 Å². The number of methoxy groups -OCH3 is 1. The second-order valence-electron chi connectivity index (χ2n) is 6.75. The highest BCUT2D eigenvalue weighted by Gasteiger charge is 2.41. The van der Waals surface area contributed by atoms with Crippen LogP contribution in [-0.2, 0) is 17.8 Å². The van der Waals surface area contributed by atoms with Crippen LogP contribution in [0.25, 0.3) is 0 Å². The number of pyridine rings is 1. The van der Waals surface area contributed by atoms with E-state index >= 15 is 0 Å². The molecule has 1 aromatic heterocycles. The first-order valence-electron chi connectivity index (χ1n) is 8.59. The Balaban J connectivity index is 1.65. The van der Waals surface area contributed by atoms with Gasteiger partial charge in [0.1, 0.15) is 5.75 Å². The fourth-order valence-corrected chi connectivity index (χ4v) is 3.49. The summed E-state index contributed by atoms with van der Waals surface area (Å²) in [7, 11) is 1.63. The van der Waals surface area contributed by atoms with E-state index in [1.165, 1.54) is 5.56 Å². The number of aromatic nitrogens is 1. The molecule has 5 nitrogen and oxygen atoms in total. The molecule has 2 aromatic rings.